The molecule has 3 amide bonds. The number of hydrogen-bond acceptors (Lipinski definition) is 4. The van der Waals surface area contributed by atoms with Crippen molar-refractivity contribution in [1.29, 1.82) is 0 Å². The van der Waals surface area contributed by atoms with E-state index >= 15 is 0 Å². The fourth-order valence-electron chi connectivity index (χ4n) is 7.23. The molecule has 9 heteroatoms. The van der Waals surface area contributed by atoms with E-state index in [0.29, 0.717) is 37.5 Å². The summed E-state index contributed by atoms with van der Waals surface area (Å²) in [6.45, 7) is 4.91. The van der Waals surface area contributed by atoms with Crippen LogP contribution >= 0.6 is 0 Å². The molecule has 2 bridgehead atoms. The van der Waals surface area contributed by atoms with E-state index in [1.807, 2.05) is 6.92 Å². The monoisotopic (exact) mass is 471 g/mol. The zero-order valence-electron chi connectivity index (χ0n) is 19.5. The van der Waals surface area contributed by atoms with Gasteiger partial charge in [0.25, 0.3) is 5.91 Å². The molecule has 5 rings (SSSR count). The number of hydrogen-bond donors (Lipinski definition) is 0. The lowest BCUT2D eigenvalue weighted by Crippen LogP contribution is -2.57. The number of urea groups is 1. The highest BCUT2D eigenvalue weighted by atomic mass is 19.4. The van der Waals surface area contributed by atoms with Crippen LogP contribution in [0.1, 0.15) is 71.1 Å². The summed E-state index contributed by atoms with van der Waals surface area (Å²) in [7, 11) is 0. The summed E-state index contributed by atoms with van der Waals surface area (Å²) < 4.78 is 45.2. The highest BCUT2D eigenvalue weighted by molar-refractivity contribution is 6.07. The molecule has 5 aliphatic rings. The van der Waals surface area contributed by atoms with Crippen LogP contribution in [0, 0.1) is 11.8 Å². The van der Waals surface area contributed by atoms with Crippen molar-refractivity contribution in [2.45, 2.75) is 101 Å². The summed E-state index contributed by atoms with van der Waals surface area (Å²) in [5, 5.41) is 0. The van der Waals surface area contributed by atoms with E-state index in [0.717, 1.165) is 32.5 Å². The Kier molecular flexibility index (Phi) is 6.17. The van der Waals surface area contributed by atoms with Gasteiger partial charge in [-0.05, 0) is 77.0 Å². The molecule has 33 heavy (non-hydrogen) atoms. The number of fused-ring (bicyclic) bond motifs is 2. The molecular weight excluding hydrogens is 435 g/mol. The Morgan fingerprint density at radius 1 is 0.970 bits per heavy atom. The third-order valence-electron chi connectivity index (χ3n) is 9.00. The van der Waals surface area contributed by atoms with Crippen LogP contribution in [0.3, 0.4) is 0 Å². The van der Waals surface area contributed by atoms with Gasteiger partial charge in [0.15, 0.2) is 0 Å². The minimum Gasteiger partial charge on any atom is -0.375 e. The van der Waals surface area contributed by atoms with Gasteiger partial charge in [-0.1, -0.05) is 0 Å². The average molecular weight is 472 g/mol. The molecule has 186 valence electrons. The van der Waals surface area contributed by atoms with Crippen LogP contribution in [0.25, 0.3) is 0 Å². The second-order valence-corrected chi connectivity index (χ2v) is 10.9. The zero-order valence-corrected chi connectivity index (χ0v) is 19.5. The first-order valence-corrected chi connectivity index (χ1v) is 12.8. The number of piperidine rings is 1. The Bertz CT molecular complexity index is 748. The second kappa shape index (κ2) is 8.70. The number of ether oxygens (including phenoxy) is 1. The smallest absolute Gasteiger partial charge is 0.375 e. The number of halogens is 3. The SMILES string of the molecule is CCN1C(=O)N(C2CCC(C(F)(F)F)CC2)C(=O)C12CCN(CC1CC3CCC(C1)O3)CC2. The molecule has 0 N–H and O–H groups in total. The predicted molar refractivity (Wildman–Crippen MR) is 115 cm³/mol. The van der Waals surface area contributed by atoms with E-state index < -0.39 is 23.7 Å². The van der Waals surface area contributed by atoms with Crippen molar-refractivity contribution in [3.8, 4) is 0 Å². The van der Waals surface area contributed by atoms with Crippen LogP contribution < -0.4 is 0 Å². The number of likely N-dealkylation sites (N-methyl/N-ethyl adjacent to an activating group) is 1. The van der Waals surface area contributed by atoms with Gasteiger partial charge in [-0.15, -0.1) is 0 Å². The first kappa shape index (κ1) is 23.4. The molecule has 1 aliphatic carbocycles. The summed E-state index contributed by atoms with van der Waals surface area (Å²) in [4.78, 5) is 32.4. The minimum absolute atomic E-state index is 0.00871. The number of imide groups is 1. The number of likely N-dealkylation sites (tertiary alicyclic amines) is 1. The molecule has 5 fully saturated rings. The molecule has 6 nitrogen and oxygen atoms in total. The third-order valence-corrected chi connectivity index (χ3v) is 9.00. The van der Waals surface area contributed by atoms with Crippen LogP contribution in [-0.2, 0) is 9.53 Å². The molecule has 0 aromatic carbocycles. The van der Waals surface area contributed by atoms with Crippen molar-refractivity contribution >= 4 is 11.9 Å². The number of carbonyl (C=O) groups excluding carboxylic acids is 2. The van der Waals surface area contributed by atoms with Crippen molar-refractivity contribution in [3.05, 3.63) is 0 Å². The molecule has 0 radical (unpaired) electrons. The van der Waals surface area contributed by atoms with E-state index in [9.17, 15) is 22.8 Å². The summed E-state index contributed by atoms with van der Waals surface area (Å²) in [5.74, 6) is -0.858. The molecule has 2 unspecified atom stereocenters. The highest BCUT2D eigenvalue weighted by Gasteiger charge is 2.59. The lowest BCUT2D eigenvalue weighted by atomic mass is 9.83. The van der Waals surface area contributed by atoms with Gasteiger partial charge < -0.3 is 14.5 Å². The standard InChI is InChI=1S/C24H36F3N3O3/c1-2-29-22(32)30(18-5-3-17(4-6-18)24(25,26)27)21(31)23(29)9-11-28(12-10-23)15-16-13-19-7-8-20(14-16)33-19/h16-20H,2-15H2,1H3. The predicted octanol–water partition coefficient (Wildman–Crippen LogP) is 4.18. The third kappa shape index (κ3) is 4.17. The summed E-state index contributed by atoms with van der Waals surface area (Å²) in [6.07, 6.45) is 2.89. The molecule has 4 heterocycles. The summed E-state index contributed by atoms with van der Waals surface area (Å²) in [5.41, 5.74) is -0.822. The molecule has 4 saturated heterocycles. The second-order valence-electron chi connectivity index (χ2n) is 10.9. The van der Waals surface area contributed by atoms with Crippen LogP contribution in [0.15, 0.2) is 0 Å². The van der Waals surface area contributed by atoms with Gasteiger partial charge in [-0.2, -0.15) is 13.2 Å². The lowest BCUT2D eigenvalue weighted by molar-refractivity contribution is -0.184. The van der Waals surface area contributed by atoms with Crippen LogP contribution in [0.5, 0.6) is 0 Å². The molecular formula is C24H36F3N3O3. The summed E-state index contributed by atoms with van der Waals surface area (Å²) >= 11 is 0. The largest absolute Gasteiger partial charge is 0.391 e. The number of nitrogens with zero attached hydrogens (tertiary/aromatic N) is 3. The number of rotatable bonds is 4. The first-order valence-electron chi connectivity index (χ1n) is 12.8. The van der Waals surface area contributed by atoms with E-state index in [2.05, 4.69) is 4.90 Å². The maximum atomic E-state index is 13.6. The van der Waals surface area contributed by atoms with Crippen molar-refractivity contribution in [2.75, 3.05) is 26.2 Å². The van der Waals surface area contributed by atoms with Crippen molar-refractivity contribution in [2.24, 2.45) is 11.8 Å². The highest BCUT2D eigenvalue weighted by Crippen LogP contribution is 2.44. The van der Waals surface area contributed by atoms with Gasteiger partial charge >= 0.3 is 12.2 Å². The molecule has 1 saturated carbocycles. The van der Waals surface area contributed by atoms with E-state index in [1.54, 1.807) is 4.90 Å². The van der Waals surface area contributed by atoms with Gasteiger partial charge in [0.1, 0.15) is 5.54 Å². The van der Waals surface area contributed by atoms with Crippen molar-refractivity contribution in [1.82, 2.24) is 14.7 Å². The van der Waals surface area contributed by atoms with Crippen LogP contribution in [-0.4, -0.2) is 82.8 Å². The fraction of sp³-hybridized carbons (Fsp3) is 0.917. The van der Waals surface area contributed by atoms with Crippen LogP contribution in [0.2, 0.25) is 0 Å². The Hall–Kier alpha value is -1.35. The zero-order chi connectivity index (χ0) is 23.4. The number of carbonyl (C=O) groups is 2. The maximum Gasteiger partial charge on any atom is 0.391 e. The molecule has 1 spiro atoms. The molecule has 0 aromatic heterocycles. The Morgan fingerprint density at radius 3 is 2.12 bits per heavy atom. The van der Waals surface area contributed by atoms with Gasteiger partial charge in [-0.3, -0.25) is 9.69 Å². The first-order chi connectivity index (χ1) is 15.7. The van der Waals surface area contributed by atoms with Crippen LogP contribution in [0.4, 0.5) is 18.0 Å². The Balaban J connectivity index is 1.22. The van der Waals surface area contributed by atoms with Crippen molar-refractivity contribution in [3.63, 3.8) is 0 Å². The van der Waals surface area contributed by atoms with E-state index in [4.69, 9.17) is 4.74 Å². The van der Waals surface area contributed by atoms with Gasteiger partial charge in [0, 0.05) is 32.2 Å². The van der Waals surface area contributed by atoms with Gasteiger partial charge in [0.05, 0.1) is 18.1 Å². The minimum atomic E-state index is -4.20. The average Bonchev–Trinajstić information content (AvgIpc) is 3.22. The maximum absolute atomic E-state index is 13.6. The number of alkyl halides is 3. The van der Waals surface area contributed by atoms with Gasteiger partial charge in [-0.25, -0.2) is 4.79 Å². The normalized spacial score (nSPS) is 37.4. The van der Waals surface area contributed by atoms with E-state index in [-0.39, 0.29) is 37.6 Å². The topological polar surface area (TPSA) is 53.1 Å². The fourth-order valence-corrected chi connectivity index (χ4v) is 7.23. The Labute approximate surface area is 193 Å². The van der Waals surface area contributed by atoms with E-state index in [1.165, 1.54) is 17.7 Å². The molecule has 4 aliphatic heterocycles. The van der Waals surface area contributed by atoms with Gasteiger partial charge in [0.2, 0.25) is 0 Å². The lowest BCUT2D eigenvalue weighted by Gasteiger charge is -2.43. The Morgan fingerprint density at radius 2 is 1.58 bits per heavy atom. The summed E-state index contributed by atoms with van der Waals surface area (Å²) in [6, 6.07) is -0.708. The quantitative estimate of drug-likeness (QED) is 0.577. The molecule has 2 atom stereocenters. The number of amides is 3. The van der Waals surface area contributed by atoms with Crippen molar-refractivity contribution < 1.29 is 27.5 Å². The molecule has 0 aromatic rings.